The summed E-state index contributed by atoms with van der Waals surface area (Å²) in [5, 5.41) is 8.90. The van der Waals surface area contributed by atoms with Crippen molar-refractivity contribution in [3.63, 3.8) is 0 Å². The number of carboxylic acids is 1. The lowest BCUT2D eigenvalue weighted by molar-refractivity contribution is 0.0695. The molecule has 3 nitrogen and oxygen atoms in total. The fourth-order valence-electron chi connectivity index (χ4n) is 1.47. The van der Waals surface area contributed by atoms with Crippen molar-refractivity contribution in [2.75, 3.05) is 0 Å². The third kappa shape index (κ3) is 2.43. The van der Waals surface area contributed by atoms with E-state index in [-0.39, 0.29) is 11.3 Å². The van der Waals surface area contributed by atoms with Crippen LogP contribution in [0.5, 0.6) is 0 Å². The Balaban J connectivity index is 3.19. The number of ketones is 1. The third-order valence-corrected chi connectivity index (χ3v) is 2.36. The van der Waals surface area contributed by atoms with E-state index in [1.807, 2.05) is 6.92 Å². The molecule has 1 aromatic rings. The lowest BCUT2D eigenvalue weighted by Gasteiger charge is -2.05. The predicted octanol–water partition coefficient (Wildman–Crippen LogP) is 2.54. The molecule has 3 heteroatoms. The fourth-order valence-corrected chi connectivity index (χ4v) is 1.47. The molecule has 0 aliphatic heterocycles. The molecular formula is C12H14O3. The maximum absolute atomic E-state index is 11.4. The van der Waals surface area contributed by atoms with E-state index >= 15 is 0 Å². The van der Waals surface area contributed by atoms with Crippen LogP contribution in [0.4, 0.5) is 0 Å². The highest BCUT2D eigenvalue weighted by Crippen LogP contribution is 2.14. The predicted molar refractivity (Wildman–Crippen MR) is 57.4 cm³/mol. The Kier molecular flexibility index (Phi) is 3.61. The summed E-state index contributed by atoms with van der Waals surface area (Å²) in [5.74, 6) is -0.899. The normalized spacial score (nSPS) is 10.0. The molecule has 80 valence electrons. The van der Waals surface area contributed by atoms with Crippen LogP contribution in [-0.4, -0.2) is 16.9 Å². The number of aromatic carboxylic acids is 1. The smallest absolute Gasteiger partial charge is 0.335 e. The molecule has 0 atom stereocenters. The topological polar surface area (TPSA) is 54.4 Å². The second-order valence-electron chi connectivity index (χ2n) is 3.31. The summed E-state index contributed by atoms with van der Waals surface area (Å²) in [6, 6.07) is 4.76. The van der Waals surface area contributed by atoms with E-state index in [4.69, 9.17) is 5.11 Å². The highest BCUT2D eigenvalue weighted by Gasteiger charge is 2.11. The summed E-state index contributed by atoms with van der Waals surface area (Å²) in [6.07, 6.45) is 1.06. The van der Waals surface area contributed by atoms with Gasteiger partial charge in [-0.3, -0.25) is 4.79 Å². The van der Waals surface area contributed by atoms with Gasteiger partial charge in [0.1, 0.15) is 0 Å². The molecule has 0 saturated heterocycles. The van der Waals surface area contributed by atoms with Crippen LogP contribution in [0.1, 0.15) is 46.5 Å². The minimum Gasteiger partial charge on any atom is -0.478 e. The van der Waals surface area contributed by atoms with Gasteiger partial charge in [0.05, 0.1) is 5.56 Å². The van der Waals surface area contributed by atoms with Gasteiger partial charge < -0.3 is 5.11 Å². The maximum atomic E-state index is 11.4. The molecule has 0 spiro atoms. The van der Waals surface area contributed by atoms with Crippen molar-refractivity contribution in [2.24, 2.45) is 0 Å². The Morgan fingerprint density at radius 1 is 1.27 bits per heavy atom. The van der Waals surface area contributed by atoms with E-state index in [1.165, 1.54) is 6.07 Å². The first-order valence-electron chi connectivity index (χ1n) is 4.99. The van der Waals surface area contributed by atoms with E-state index < -0.39 is 5.97 Å². The Morgan fingerprint density at radius 3 is 2.40 bits per heavy atom. The fraction of sp³-hybridized carbons (Fsp3) is 0.333. The molecule has 0 amide bonds. The van der Waals surface area contributed by atoms with E-state index in [0.29, 0.717) is 24.0 Å². The van der Waals surface area contributed by atoms with Crippen LogP contribution in [0.15, 0.2) is 18.2 Å². The minimum absolute atomic E-state index is 0.0432. The second kappa shape index (κ2) is 4.73. The van der Waals surface area contributed by atoms with Gasteiger partial charge in [-0.25, -0.2) is 4.79 Å². The van der Waals surface area contributed by atoms with Crippen LogP contribution in [0.2, 0.25) is 0 Å². The Bertz CT molecular complexity index is 394. The molecule has 0 radical (unpaired) electrons. The number of hydrogen-bond donors (Lipinski definition) is 1. The van der Waals surface area contributed by atoms with Gasteiger partial charge in [0.25, 0.3) is 0 Å². The number of Topliss-reactive ketones (excluding diaryl/α,β-unsaturated/α-hetero) is 1. The molecule has 0 saturated carbocycles. The van der Waals surface area contributed by atoms with Crippen molar-refractivity contribution in [1.29, 1.82) is 0 Å². The number of carbonyl (C=O) groups is 2. The Morgan fingerprint density at radius 2 is 1.93 bits per heavy atom. The van der Waals surface area contributed by atoms with Crippen molar-refractivity contribution >= 4 is 11.8 Å². The quantitative estimate of drug-likeness (QED) is 0.770. The molecule has 0 heterocycles. The zero-order valence-corrected chi connectivity index (χ0v) is 8.91. The number of benzene rings is 1. The molecule has 1 aromatic carbocycles. The lowest BCUT2D eigenvalue weighted by atomic mass is 9.99. The molecule has 0 aliphatic carbocycles. The van der Waals surface area contributed by atoms with Gasteiger partial charge >= 0.3 is 5.97 Å². The van der Waals surface area contributed by atoms with Crippen LogP contribution in [0.25, 0.3) is 0 Å². The average Bonchev–Trinajstić information content (AvgIpc) is 2.26. The van der Waals surface area contributed by atoms with Crippen LogP contribution in [0.3, 0.4) is 0 Å². The van der Waals surface area contributed by atoms with Gasteiger partial charge in [-0.15, -0.1) is 0 Å². The molecule has 1 rings (SSSR count). The summed E-state index contributed by atoms with van der Waals surface area (Å²) >= 11 is 0. The third-order valence-electron chi connectivity index (χ3n) is 2.36. The lowest BCUT2D eigenvalue weighted by Crippen LogP contribution is -2.05. The molecule has 0 aromatic heterocycles. The number of carbonyl (C=O) groups excluding carboxylic acids is 1. The van der Waals surface area contributed by atoms with Gasteiger partial charge in [0, 0.05) is 12.0 Å². The van der Waals surface area contributed by atoms with Gasteiger partial charge in [-0.1, -0.05) is 19.9 Å². The summed E-state index contributed by atoms with van der Waals surface area (Å²) < 4.78 is 0. The zero-order valence-electron chi connectivity index (χ0n) is 8.91. The highest BCUT2D eigenvalue weighted by atomic mass is 16.4. The summed E-state index contributed by atoms with van der Waals surface area (Å²) in [6.45, 7) is 3.67. The Hall–Kier alpha value is -1.64. The SMILES string of the molecule is CCC(=O)c1ccc(C(=O)O)c(CC)c1. The first-order valence-corrected chi connectivity index (χ1v) is 4.99. The molecule has 0 aliphatic rings. The molecule has 15 heavy (non-hydrogen) atoms. The van der Waals surface area contributed by atoms with Gasteiger partial charge in [-0.2, -0.15) is 0 Å². The first kappa shape index (κ1) is 11.4. The van der Waals surface area contributed by atoms with E-state index in [9.17, 15) is 9.59 Å². The maximum Gasteiger partial charge on any atom is 0.335 e. The summed E-state index contributed by atoms with van der Waals surface area (Å²) in [4.78, 5) is 22.3. The largest absolute Gasteiger partial charge is 0.478 e. The number of rotatable bonds is 4. The van der Waals surface area contributed by atoms with Crippen LogP contribution in [0, 0.1) is 0 Å². The van der Waals surface area contributed by atoms with Crippen molar-refractivity contribution in [3.8, 4) is 0 Å². The molecule has 0 bridgehead atoms. The van der Waals surface area contributed by atoms with Crippen molar-refractivity contribution in [2.45, 2.75) is 26.7 Å². The minimum atomic E-state index is -0.942. The first-order chi connectivity index (χ1) is 7.10. The second-order valence-corrected chi connectivity index (χ2v) is 3.31. The monoisotopic (exact) mass is 206 g/mol. The number of carboxylic acid groups (broad SMARTS) is 1. The van der Waals surface area contributed by atoms with Crippen molar-refractivity contribution in [1.82, 2.24) is 0 Å². The number of aryl methyl sites for hydroxylation is 1. The van der Waals surface area contributed by atoms with Crippen molar-refractivity contribution in [3.05, 3.63) is 34.9 Å². The van der Waals surface area contributed by atoms with Gasteiger partial charge in [0.15, 0.2) is 5.78 Å². The molecular weight excluding hydrogens is 192 g/mol. The molecule has 0 fully saturated rings. The van der Waals surface area contributed by atoms with Gasteiger partial charge in [0.2, 0.25) is 0 Å². The summed E-state index contributed by atoms with van der Waals surface area (Å²) in [7, 11) is 0. The van der Waals surface area contributed by atoms with Crippen LogP contribution in [-0.2, 0) is 6.42 Å². The van der Waals surface area contributed by atoms with E-state index in [1.54, 1.807) is 19.1 Å². The van der Waals surface area contributed by atoms with E-state index in [0.717, 1.165) is 0 Å². The van der Waals surface area contributed by atoms with Gasteiger partial charge in [-0.05, 0) is 24.1 Å². The molecule has 1 N–H and O–H groups in total. The number of hydrogen-bond acceptors (Lipinski definition) is 2. The summed E-state index contributed by atoms with van der Waals surface area (Å²) in [5.41, 5.74) is 1.59. The molecule has 0 unspecified atom stereocenters. The zero-order chi connectivity index (χ0) is 11.4. The standard InChI is InChI=1S/C12H14O3/c1-3-8-7-9(11(13)4-2)5-6-10(8)12(14)15/h5-7H,3-4H2,1-2H3,(H,14,15). The average molecular weight is 206 g/mol. The highest BCUT2D eigenvalue weighted by molar-refractivity contribution is 5.98. The van der Waals surface area contributed by atoms with Crippen LogP contribution >= 0.6 is 0 Å². The van der Waals surface area contributed by atoms with Crippen LogP contribution < -0.4 is 0 Å². The van der Waals surface area contributed by atoms with E-state index in [2.05, 4.69) is 0 Å². The van der Waals surface area contributed by atoms with Crippen molar-refractivity contribution < 1.29 is 14.7 Å². The Labute approximate surface area is 88.7 Å².